The summed E-state index contributed by atoms with van der Waals surface area (Å²) in [5.41, 5.74) is 2.80. The van der Waals surface area contributed by atoms with Gasteiger partial charge in [0.2, 0.25) is 0 Å². The standard InChI is InChI=1S/C15H19ClO/c16-13-6-2-1-4-12(10-13)14-7-3-5-11-8-9-17-15(11)14/h3,5,7,12-13H,1-2,4,6,8-10H2. The first-order chi connectivity index (χ1) is 8.34. The molecule has 1 aromatic rings. The minimum Gasteiger partial charge on any atom is -0.493 e. The van der Waals surface area contributed by atoms with Crippen LogP contribution in [0, 0.1) is 0 Å². The van der Waals surface area contributed by atoms with Crippen LogP contribution in [0.5, 0.6) is 5.75 Å². The largest absolute Gasteiger partial charge is 0.493 e. The quantitative estimate of drug-likeness (QED) is 0.534. The second-order valence-electron chi connectivity index (χ2n) is 5.25. The zero-order valence-electron chi connectivity index (χ0n) is 10.1. The second kappa shape index (κ2) is 4.89. The van der Waals surface area contributed by atoms with Crippen molar-refractivity contribution in [2.24, 2.45) is 0 Å². The molecule has 0 aromatic heterocycles. The van der Waals surface area contributed by atoms with Crippen molar-refractivity contribution in [2.75, 3.05) is 6.61 Å². The number of rotatable bonds is 1. The molecular weight excluding hydrogens is 232 g/mol. The number of fused-ring (bicyclic) bond motifs is 1. The van der Waals surface area contributed by atoms with Gasteiger partial charge in [0.1, 0.15) is 5.75 Å². The highest BCUT2D eigenvalue weighted by Gasteiger charge is 2.25. The van der Waals surface area contributed by atoms with Gasteiger partial charge in [-0.3, -0.25) is 0 Å². The molecule has 0 amide bonds. The van der Waals surface area contributed by atoms with E-state index < -0.39 is 0 Å². The summed E-state index contributed by atoms with van der Waals surface area (Å²) in [6.45, 7) is 0.851. The van der Waals surface area contributed by atoms with Gasteiger partial charge in [0, 0.05) is 11.8 Å². The van der Waals surface area contributed by atoms with Crippen LogP contribution in [0.1, 0.15) is 49.1 Å². The van der Waals surface area contributed by atoms with Crippen LogP contribution in [0.25, 0.3) is 0 Å². The zero-order chi connectivity index (χ0) is 11.7. The Morgan fingerprint density at radius 2 is 2.06 bits per heavy atom. The van der Waals surface area contributed by atoms with Crippen LogP contribution < -0.4 is 4.74 Å². The lowest BCUT2D eigenvalue weighted by molar-refractivity contribution is 0.349. The normalized spacial score (nSPS) is 28.3. The molecule has 0 saturated heterocycles. The smallest absolute Gasteiger partial charge is 0.126 e. The fourth-order valence-electron chi connectivity index (χ4n) is 3.15. The van der Waals surface area contributed by atoms with Gasteiger partial charge in [-0.05, 0) is 36.3 Å². The van der Waals surface area contributed by atoms with Gasteiger partial charge >= 0.3 is 0 Å². The molecule has 2 atom stereocenters. The van der Waals surface area contributed by atoms with Crippen molar-refractivity contribution in [3.63, 3.8) is 0 Å². The monoisotopic (exact) mass is 250 g/mol. The topological polar surface area (TPSA) is 9.23 Å². The predicted octanol–water partition coefficient (Wildman–Crippen LogP) is 4.28. The molecule has 2 aliphatic rings. The average molecular weight is 251 g/mol. The molecule has 0 radical (unpaired) electrons. The number of benzene rings is 1. The third-order valence-electron chi connectivity index (χ3n) is 4.04. The van der Waals surface area contributed by atoms with E-state index in [0.717, 1.165) is 19.4 Å². The van der Waals surface area contributed by atoms with Crippen molar-refractivity contribution in [3.8, 4) is 5.75 Å². The van der Waals surface area contributed by atoms with E-state index in [9.17, 15) is 0 Å². The molecule has 92 valence electrons. The summed E-state index contributed by atoms with van der Waals surface area (Å²) in [7, 11) is 0. The zero-order valence-corrected chi connectivity index (χ0v) is 10.9. The molecule has 0 N–H and O–H groups in total. The molecule has 1 aliphatic carbocycles. The number of hydrogen-bond donors (Lipinski definition) is 0. The van der Waals surface area contributed by atoms with Gasteiger partial charge in [-0.1, -0.05) is 31.0 Å². The number of alkyl halides is 1. The van der Waals surface area contributed by atoms with Crippen LogP contribution in [-0.4, -0.2) is 12.0 Å². The molecule has 1 heterocycles. The van der Waals surface area contributed by atoms with Crippen molar-refractivity contribution in [1.82, 2.24) is 0 Å². The Morgan fingerprint density at radius 1 is 1.18 bits per heavy atom. The summed E-state index contributed by atoms with van der Waals surface area (Å²) >= 11 is 6.38. The summed E-state index contributed by atoms with van der Waals surface area (Å²) in [6.07, 6.45) is 7.20. The van der Waals surface area contributed by atoms with E-state index in [1.54, 1.807) is 0 Å². The van der Waals surface area contributed by atoms with Crippen LogP contribution in [0.4, 0.5) is 0 Å². The van der Waals surface area contributed by atoms with Crippen molar-refractivity contribution in [3.05, 3.63) is 29.3 Å². The van der Waals surface area contributed by atoms with E-state index in [4.69, 9.17) is 16.3 Å². The van der Waals surface area contributed by atoms with Crippen molar-refractivity contribution < 1.29 is 4.74 Å². The van der Waals surface area contributed by atoms with Crippen molar-refractivity contribution >= 4 is 11.6 Å². The molecule has 1 aliphatic heterocycles. The maximum Gasteiger partial charge on any atom is 0.126 e. The molecule has 2 heteroatoms. The number of halogens is 1. The Morgan fingerprint density at radius 3 is 3.00 bits per heavy atom. The molecule has 1 fully saturated rings. The average Bonchev–Trinajstić information content (AvgIpc) is 2.71. The van der Waals surface area contributed by atoms with E-state index in [0.29, 0.717) is 11.3 Å². The van der Waals surface area contributed by atoms with Crippen LogP contribution in [0.2, 0.25) is 0 Å². The third kappa shape index (κ3) is 2.30. The maximum absolute atomic E-state index is 6.38. The van der Waals surface area contributed by atoms with Crippen molar-refractivity contribution in [1.29, 1.82) is 0 Å². The first-order valence-corrected chi connectivity index (χ1v) is 7.17. The first kappa shape index (κ1) is 11.4. The fourth-order valence-corrected chi connectivity index (χ4v) is 3.51. The van der Waals surface area contributed by atoms with Gasteiger partial charge in [0.05, 0.1) is 6.61 Å². The van der Waals surface area contributed by atoms with Gasteiger partial charge in [0.25, 0.3) is 0 Å². The Bertz CT molecular complexity index is 402. The van der Waals surface area contributed by atoms with E-state index >= 15 is 0 Å². The highest BCUT2D eigenvalue weighted by Crippen LogP contribution is 2.41. The summed E-state index contributed by atoms with van der Waals surface area (Å²) in [4.78, 5) is 0. The summed E-state index contributed by atoms with van der Waals surface area (Å²) in [5, 5.41) is 0.347. The highest BCUT2D eigenvalue weighted by atomic mass is 35.5. The molecule has 0 spiro atoms. The maximum atomic E-state index is 6.38. The summed E-state index contributed by atoms with van der Waals surface area (Å²) in [5.74, 6) is 1.77. The van der Waals surface area contributed by atoms with Crippen LogP contribution in [0.3, 0.4) is 0 Å². The van der Waals surface area contributed by atoms with E-state index in [2.05, 4.69) is 18.2 Å². The summed E-state index contributed by atoms with van der Waals surface area (Å²) < 4.78 is 5.82. The SMILES string of the molecule is ClC1CCCCC(c2cccc3c2OCC3)C1. The van der Waals surface area contributed by atoms with Crippen molar-refractivity contribution in [2.45, 2.75) is 49.8 Å². The second-order valence-corrected chi connectivity index (χ2v) is 5.87. The van der Waals surface area contributed by atoms with E-state index in [1.807, 2.05) is 0 Å². The van der Waals surface area contributed by atoms with Crippen LogP contribution in [0.15, 0.2) is 18.2 Å². The molecular formula is C15H19ClO. The number of hydrogen-bond acceptors (Lipinski definition) is 1. The Kier molecular flexibility index (Phi) is 3.28. The molecule has 1 nitrogen and oxygen atoms in total. The van der Waals surface area contributed by atoms with Gasteiger partial charge in [-0.2, -0.15) is 0 Å². The lowest BCUT2D eigenvalue weighted by atomic mass is 9.90. The van der Waals surface area contributed by atoms with E-state index in [1.165, 1.54) is 42.6 Å². The van der Waals surface area contributed by atoms with Gasteiger partial charge in [-0.15, -0.1) is 11.6 Å². The number of ether oxygens (including phenoxy) is 1. The minimum atomic E-state index is 0.347. The van der Waals surface area contributed by atoms with Gasteiger partial charge in [0.15, 0.2) is 0 Å². The summed E-state index contributed by atoms with van der Waals surface area (Å²) in [6, 6.07) is 6.61. The Balaban J connectivity index is 1.90. The van der Waals surface area contributed by atoms with Gasteiger partial charge in [-0.25, -0.2) is 0 Å². The third-order valence-corrected chi connectivity index (χ3v) is 4.44. The molecule has 0 bridgehead atoms. The van der Waals surface area contributed by atoms with Crippen LogP contribution in [-0.2, 0) is 6.42 Å². The molecule has 3 rings (SSSR count). The minimum absolute atomic E-state index is 0.347. The molecule has 1 saturated carbocycles. The molecule has 2 unspecified atom stereocenters. The first-order valence-electron chi connectivity index (χ1n) is 6.73. The van der Waals surface area contributed by atoms with Gasteiger partial charge < -0.3 is 4.74 Å². The lowest BCUT2D eigenvalue weighted by Crippen LogP contribution is -2.05. The highest BCUT2D eigenvalue weighted by molar-refractivity contribution is 6.20. The number of para-hydroxylation sites is 1. The predicted molar refractivity (Wildman–Crippen MR) is 71.1 cm³/mol. The molecule has 1 aromatic carbocycles. The Labute approximate surface area is 108 Å². The fraction of sp³-hybridized carbons (Fsp3) is 0.600. The Hall–Kier alpha value is -0.690. The van der Waals surface area contributed by atoms with E-state index in [-0.39, 0.29) is 0 Å². The lowest BCUT2D eigenvalue weighted by Gasteiger charge is -2.19. The molecule has 17 heavy (non-hydrogen) atoms. The van der Waals surface area contributed by atoms with Crippen LogP contribution >= 0.6 is 11.6 Å².